The van der Waals surface area contributed by atoms with Crippen LogP contribution in [-0.4, -0.2) is 60.0 Å². The van der Waals surface area contributed by atoms with E-state index in [-0.39, 0.29) is 0 Å². The molecule has 1 aliphatic rings. The van der Waals surface area contributed by atoms with Crippen LogP contribution in [0.4, 0.5) is 13.2 Å². The third-order valence-corrected chi connectivity index (χ3v) is 8.02. The van der Waals surface area contributed by atoms with Crippen LogP contribution in [-0.2, 0) is 27.4 Å². The van der Waals surface area contributed by atoms with Crippen molar-refractivity contribution in [3.05, 3.63) is 59.3 Å². The molecule has 3 rings (SSSR count). The molecule has 0 saturated carbocycles. The number of carbonyl (C=O) groups is 1. The summed E-state index contributed by atoms with van der Waals surface area (Å²) in [6.45, 7) is 7.20. The summed E-state index contributed by atoms with van der Waals surface area (Å²) in [6.07, 6.45) is -4.16. The zero-order chi connectivity index (χ0) is 23.7. The molecule has 0 unspecified atom stereocenters. The van der Waals surface area contributed by atoms with Crippen molar-refractivity contribution < 1.29 is 26.4 Å². The Hall–Kier alpha value is -2.46. The minimum absolute atomic E-state index is 0.365. The standard InChI is InChI=1S/C22H26F3N3O3S/c1-16-4-6-17(7-5-16)15-27-10-12-28(13-11-27)20(29)21(2,3)32(30,31)19-9-8-18(14-26-19)22(23,24)25/h4-9,14H,10-13,15H2,1-3H3. The topological polar surface area (TPSA) is 70.6 Å². The first kappa shape index (κ1) is 24.2. The number of halogens is 3. The summed E-state index contributed by atoms with van der Waals surface area (Å²) in [5, 5.41) is -0.554. The van der Waals surface area contributed by atoms with E-state index in [2.05, 4.69) is 22.0 Å². The van der Waals surface area contributed by atoms with E-state index in [0.717, 1.165) is 18.2 Å². The average Bonchev–Trinajstić information content (AvgIpc) is 2.74. The van der Waals surface area contributed by atoms with E-state index in [4.69, 9.17) is 0 Å². The first-order valence-electron chi connectivity index (χ1n) is 10.2. The van der Waals surface area contributed by atoms with Crippen molar-refractivity contribution in [2.45, 2.75) is 43.3 Å². The number of benzene rings is 1. The molecule has 1 saturated heterocycles. The monoisotopic (exact) mass is 469 g/mol. The third kappa shape index (κ3) is 4.96. The number of rotatable bonds is 5. The van der Waals surface area contributed by atoms with Gasteiger partial charge in [0.15, 0.2) is 9.77 Å². The number of pyridine rings is 1. The Morgan fingerprint density at radius 2 is 1.59 bits per heavy atom. The largest absolute Gasteiger partial charge is 0.417 e. The summed E-state index contributed by atoms with van der Waals surface area (Å²) in [4.78, 5) is 20.3. The molecule has 10 heteroatoms. The van der Waals surface area contributed by atoms with Crippen LogP contribution < -0.4 is 0 Å². The predicted molar refractivity (Wildman–Crippen MR) is 114 cm³/mol. The Bertz CT molecular complexity index is 1060. The first-order valence-corrected chi connectivity index (χ1v) is 11.7. The highest BCUT2D eigenvalue weighted by molar-refractivity contribution is 7.93. The fourth-order valence-electron chi connectivity index (χ4n) is 3.52. The zero-order valence-electron chi connectivity index (χ0n) is 18.2. The summed E-state index contributed by atoms with van der Waals surface area (Å²) >= 11 is 0. The van der Waals surface area contributed by atoms with Crippen LogP contribution in [0.15, 0.2) is 47.6 Å². The molecule has 2 aromatic rings. The number of hydrogen-bond acceptors (Lipinski definition) is 5. The summed E-state index contributed by atoms with van der Waals surface area (Å²) in [6, 6.07) is 9.64. The van der Waals surface area contributed by atoms with E-state index in [1.54, 1.807) is 0 Å². The van der Waals surface area contributed by atoms with E-state index in [1.165, 1.54) is 24.3 Å². The van der Waals surface area contributed by atoms with Crippen LogP contribution in [0.25, 0.3) is 0 Å². The van der Waals surface area contributed by atoms with Gasteiger partial charge < -0.3 is 4.90 Å². The molecule has 0 bridgehead atoms. The third-order valence-electron chi connectivity index (χ3n) is 5.71. The summed E-state index contributed by atoms with van der Waals surface area (Å²) in [5.74, 6) is -0.589. The van der Waals surface area contributed by atoms with Gasteiger partial charge in [0.2, 0.25) is 15.7 Å². The van der Waals surface area contributed by atoms with E-state index < -0.39 is 37.3 Å². The average molecular weight is 470 g/mol. The van der Waals surface area contributed by atoms with E-state index in [1.807, 2.05) is 19.1 Å². The van der Waals surface area contributed by atoms with Gasteiger partial charge in [0.05, 0.1) is 5.56 Å². The number of hydrogen-bond donors (Lipinski definition) is 0. The molecular weight excluding hydrogens is 443 g/mol. The second-order valence-electron chi connectivity index (χ2n) is 8.45. The van der Waals surface area contributed by atoms with Gasteiger partial charge in [-0.05, 0) is 38.5 Å². The second kappa shape index (κ2) is 8.82. The highest BCUT2D eigenvalue weighted by Crippen LogP contribution is 2.31. The van der Waals surface area contributed by atoms with Crippen molar-refractivity contribution in [1.82, 2.24) is 14.8 Å². The van der Waals surface area contributed by atoms with Crippen LogP contribution in [0.1, 0.15) is 30.5 Å². The van der Waals surface area contributed by atoms with Crippen molar-refractivity contribution in [3.63, 3.8) is 0 Å². The molecule has 1 aromatic carbocycles. The molecule has 2 heterocycles. The molecule has 0 N–H and O–H groups in total. The molecule has 1 aromatic heterocycles. The fraction of sp³-hybridized carbons (Fsp3) is 0.455. The number of nitrogens with zero attached hydrogens (tertiary/aromatic N) is 3. The van der Waals surface area contributed by atoms with Crippen LogP contribution in [0.5, 0.6) is 0 Å². The maximum atomic E-state index is 13.1. The Labute approximate surface area is 186 Å². The number of amides is 1. The number of aromatic nitrogens is 1. The van der Waals surface area contributed by atoms with E-state index in [9.17, 15) is 26.4 Å². The smallest absolute Gasteiger partial charge is 0.339 e. The molecule has 1 aliphatic heterocycles. The predicted octanol–water partition coefficient (Wildman–Crippen LogP) is 3.31. The van der Waals surface area contributed by atoms with Crippen LogP contribution in [0, 0.1) is 6.92 Å². The Kier molecular flexibility index (Phi) is 6.67. The van der Waals surface area contributed by atoms with Gasteiger partial charge in [0.25, 0.3) is 0 Å². The van der Waals surface area contributed by atoms with Crippen molar-refractivity contribution in [2.24, 2.45) is 0 Å². The number of sulfone groups is 1. The van der Waals surface area contributed by atoms with E-state index >= 15 is 0 Å². The molecule has 0 radical (unpaired) electrons. The minimum atomic E-state index is -4.63. The molecular formula is C22H26F3N3O3S. The quantitative estimate of drug-likeness (QED) is 0.672. The number of aryl methyl sites for hydroxylation is 1. The molecule has 1 amide bonds. The molecule has 0 atom stereocenters. The minimum Gasteiger partial charge on any atom is -0.339 e. The molecule has 6 nitrogen and oxygen atoms in total. The van der Waals surface area contributed by atoms with E-state index in [0.29, 0.717) is 38.4 Å². The van der Waals surface area contributed by atoms with Gasteiger partial charge in [0, 0.05) is 38.9 Å². The Balaban J connectivity index is 1.67. The lowest BCUT2D eigenvalue weighted by atomic mass is 10.1. The highest BCUT2D eigenvalue weighted by atomic mass is 32.2. The molecule has 174 valence electrons. The SMILES string of the molecule is Cc1ccc(CN2CCN(C(=O)C(C)(C)S(=O)(=O)c3ccc(C(F)(F)F)cn3)CC2)cc1. The van der Waals surface area contributed by atoms with Crippen LogP contribution in [0.2, 0.25) is 0 Å². The summed E-state index contributed by atoms with van der Waals surface area (Å²) < 4.78 is 62.5. The number of carbonyl (C=O) groups excluding carboxylic acids is 1. The molecule has 1 fully saturated rings. The lowest BCUT2D eigenvalue weighted by Crippen LogP contribution is -2.56. The van der Waals surface area contributed by atoms with Crippen LogP contribution in [0.3, 0.4) is 0 Å². The van der Waals surface area contributed by atoms with Gasteiger partial charge in [0.1, 0.15) is 0 Å². The van der Waals surface area contributed by atoms with Gasteiger partial charge in [-0.25, -0.2) is 13.4 Å². The lowest BCUT2D eigenvalue weighted by molar-refractivity contribution is -0.138. The van der Waals surface area contributed by atoms with Crippen molar-refractivity contribution >= 4 is 15.7 Å². The molecule has 0 spiro atoms. The van der Waals surface area contributed by atoms with Gasteiger partial charge in [-0.3, -0.25) is 9.69 Å². The Morgan fingerprint density at radius 1 is 1.00 bits per heavy atom. The maximum absolute atomic E-state index is 13.1. The summed E-state index contributed by atoms with van der Waals surface area (Å²) in [7, 11) is -4.30. The maximum Gasteiger partial charge on any atom is 0.417 e. The number of alkyl halides is 3. The van der Waals surface area contributed by atoms with Crippen molar-refractivity contribution in [1.29, 1.82) is 0 Å². The second-order valence-corrected chi connectivity index (χ2v) is 10.9. The zero-order valence-corrected chi connectivity index (χ0v) is 19.0. The van der Waals surface area contributed by atoms with Gasteiger partial charge >= 0.3 is 6.18 Å². The molecule has 0 aliphatic carbocycles. The van der Waals surface area contributed by atoms with Crippen molar-refractivity contribution in [3.8, 4) is 0 Å². The van der Waals surface area contributed by atoms with Gasteiger partial charge in [-0.2, -0.15) is 13.2 Å². The Morgan fingerprint density at radius 3 is 2.09 bits per heavy atom. The van der Waals surface area contributed by atoms with Crippen LogP contribution >= 0.6 is 0 Å². The fourth-order valence-corrected chi connectivity index (χ4v) is 4.85. The number of piperazine rings is 1. The van der Waals surface area contributed by atoms with Gasteiger partial charge in [-0.15, -0.1) is 0 Å². The normalized spacial score (nSPS) is 16.2. The van der Waals surface area contributed by atoms with Crippen molar-refractivity contribution in [2.75, 3.05) is 26.2 Å². The highest BCUT2D eigenvalue weighted by Gasteiger charge is 2.46. The lowest BCUT2D eigenvalue weighted by Gasteiger charge is -2.38. The first-order chi connectivity index (χ1) is 14.8. The molecule has 32 heavy (non-hydrogen) atoms. The summed E-state index contributed by atoms with van der Waals surface area (Å²) in [5.41, 5.74) is 1.28. The van der Waals surface area contributed by atoms with Gasteiger partial charge in [-0.1, -0.05) is 29.8 Å².